The fraction of sp³-hybridized carbons (Fsp3) is 0. The van der Waals surface area contributed by atoms with Gasteiger partial charge in [-0.3, -0.25) is 0 Å². The Morgan fingerprint density at radius 1 is 1.22 bits per heavy atom. The quantitative estimate of drug-likeness (QED) is 0.490. The van der Waals surface area contributed by atoms with E-state index in [2.05, 4.69) is 5.16 Å². The molecule has 18 heavy (non-hydrogen) atoms. The maximum Gasteiger partial charge on any atom is 0.238 e. The van der Waals surface area contributed by atoms with Crippen molar-refractivity contribution in [3.63, 3.8) is 0 Å². The van der Waals surface area contributed by atoms with Gasteiger partial charge in [0.2, 0.25) is 10.0 Å². The molecule has 1 aromatic heterocycles. The van der Waals surface area contributed by atoms with Crippen LogP contribution in [0.25, 0.3) is 5.69 Å². The summed E-state index contributed by atoms with van der Waals surface area (Å²) in [5.41, 5.74) is 1.41. The molecule has 0 aliphatic carbocycles. The fourth-order valence-electron chi connectivity index (χ4n) is 1.59. The van der Waals surface area contributed by atoms with Crippen molar-refractivity contribution in [2.45, 2.75) is 4.90 Å². The third kappa shape index (κ3) is 2.41. The van der Waals surface area contributed by atoms with Crippen LogP contribution in [0.2, 0.25) is 0 Å². The number of sulfonamides is 1. The monoisotopic (exact) mass is 265 g/mol. The molecule has 3 N–H and O–H groups in total. The molecule has 0 spiro atoms. The Kier molecular flexibility index (Phi) is 3.17. The van der Waals surface area contributed by atoms with Crippen LogP contribution in [0.15, 0.2) is 52.6 Å². The molecule has 0 amide bonds. The summed E-state index contributed by atoms with van der Waals surface area (Å²) in [4.78, 5) is 0.0516. The molecule has 0 bridgehead atoms. The molecule has 0 aliphatic heterocycles. The Bertz CT molecular complexity index is 672. The Hall–Kier alpha value is -2.12. The maximum atomic E-state index is 11.1. The third-order valence-corrected chi connectivity index (χ3v) is 3.34. The molecular weight excluding hydrogens is 254 g/mol. The topological polar surface area (TPSA) is 97.7 Å². The smallest absolute Gasteiger partial charge is 0.238 e. The molecule has 0 aliphatic rings. The number of oxime groups is 1. The molecule has 94 valence electrons. The third-order valence-electron chi connectivity index (χ3n) is 2.41. The Balaban J connectivity index is 2.44. The van der Waals surface area contributed by atoms with Crippen LogP contribution in [-0.4, -0.2) is 24.4 Å². The minimum atomic E-state index is -3.68. The summed E-state index contributed by atoms with van der Waals surface area (Å²) >= 11 is 0. The second-order valence-corrected chi connectivity index (χ2v) is 5.15. The second-order valence-electron chi connectivity index (χ2n) is 3.59. The first kappa shape index (κ1) is 12.3. The Labute approximate surface area is 104 Å². The normalized spacial score (nSPS) is 12.1. The second kappa shape index (κ2) is 4.63. The van der Waals surface area contributed by atoms with E-state index in [-0.39, 0.29) is 4.90 Å². The lowest BCUT2D eigenvalue weighted by molar-refractivity contribution is 0.321. The number of nitrogens with zero attached hydrogens (tertiary/aromatic N) is 2. The van der Waals surface area contributed by atoms with Crippen LogP contribution < -0.4 is 5.14 Å². The van der Waals surface area contributed by atoms with Crippen molar-refractivity contribution in [2.24, 2.45) is 10.3 Å². The molecule has 1 aromatic carbocycles. The average Bonchev–Trinajstić information content (AvgIpc) is 2.77. The summed E-state index contributed by atoms with van der Waals surface area (Å²) in [5.74, 6) is 0. The number of hydrogen-bond acceptors (Lipinski definition) is 4. The highest BCUT2D eigenvalue weighted by atomic mass is 32.2. The van der Waals surface area contributed by atoms with E-state index in [1.807, 2.05) is 0 Å². The predicted molar refractivity (Wildman–Crippen MR) is 66.5 cm³/mol. The number of aromatic nitrogens is 1. The number of hydrogen-bond donors (Lipinski definition) is 2. The number of primary sulfonamides is 1. The number of rotatable bonds is 3. The minimum absolute atomic E-state index is 0.0516. The van der Waals surface area contributed by atoms with E-state index in [9.17, 15) is 8.42 Å². The van der Waals surface area contributed by atoms with Crippen molar-refractivity contribution >= 4 is 16.2 Å². The van der Waals surface area contributed by atoms with Crippen LogP contribution >= 0.6 is 0 Å². The molecule has 7 heteroatoms. The van der Waals surface area contributed by atoms with Gasteiger partial charge in [0, 0.05) is 11.9 Å². The van der Waals surface area contributed by atoms with Crippen LogP contribution in [0.1, 0.15) is 5.69 Å². The van der Waals surface area contributed by atoms with Crippen LogP contribution in [0.3, 0.4) is 0 Å². The minimum Gasteiger partial charge on any atom is -0.411 e. The van der Waals surface area contributed by atoms with Gasteiger partial charge < -0.3 is 9.77 Å². The molecule has 2 aromatic rings. The predicted octanol–water partition coefficient (Wildman–Crippen LogP) is 0.933. The van der Waals surface area contributed by atoms with Crippen LogP contribution in [0.4, 0.5) is 0 Å². The van der Waals surface area contributed by atoms with E-state index in [1.165, 1.54) is 18.3 Å². The van der Waals surface area contributed by atoms with Crippen LogP contribution in [0, 0.1) is 0 Å². The summed E-state index contributed by atoms with van der Waals surface area (Å²) in [6, 6.07) is 9.62. The molecule has 2 rings (SSSR count). The molecule has 0 saturated carbocycles. The maximum absolute atomic E-state index is 11.1. The van der Waals surface area contributed by atoms with Gasteiger partial charge in [-0.2, -0.15) is 0 Å². The van der Waals surface area contributed by atoms with Gasteiger partial charge in [-0.15, -0.1) is 0 Å². The van der Waals surface area contributed by atoms with Gasteiger partial charge >= 0.3 is 0 Å². The molecule has 0 atom stereocenters. The van der Waals surface area contributed by atoms with Crippen molar-refractivity contribution in [3.05, 3.63) is 48.3 Å². The number of nitrogens with two attached hydrogens (primary N) is 1. The fourth-order valence-corrected chi connectivity index (χ4v) is 2.11. The van der Waals surface area contributed by atoms with Crippen molar-refractivity contribution < 1.29 is 13.6 Å². The lowest BCUT2D eigenvalue weighted by Crippen LogP contribution is -2.12. The largest absolute Gasteiger partial charge is 0.411 e. The molecule has 0 fully saturated rings. The van der Waals surface area contributed by atoms with Crippen molar-refractivity contribution in [1.29, 1.82) is 0 Å². The van der Waals surface area contributed by atoms with Gasteiger partial charge in [0.25, 0.3) is 0 Å². The van der Waals surface area contributed by atoms with E-state index >= 15 is 0 Å². The molecule has 0 unspecified atom stereocenters. The zero-order valence-corrected chi connectivity index (χ0v) is 10.1. The van der Waals surface area contributed by atoms with Gasteiger partial charge in [-0.1, -0.05) is 5.16 Å². The van der Waals surface area contributed by atoms with E-state index in [4.69, 9.17) is 10.3 Å². The number of benzene rings is 1. The van der Waals surface area contributed by atoms with Crippen LogP contribution in [0.5, 0.6) is 0 Å². The first-order chi connectivity index (χ1) is 8.52. The Morgan fingerprint density at radius 2 is 1.89 bits per heavy atom. The van der Waals surface area contributed by atoms with Crippen molar-refractivity contribution in [2.75, 3.05) is 0 Å². The first-order valence-corrected chi connectivity index (χ1v) is 6.55. The van der Waals surface area contributed by atoms with E-state index in [1.54, 1.807) is 35.0 Å². The standard InChI is InChI=1S/C11H11N3O3S/c12-18(16,17)11-5-3-9(4-6-11)14-7-1-2-10(14)8-13-15/h1-8,15H,(H2,12,16,17)/b13-8+. The summed E-state index contributed by atoms with van der Waals surface area (Å²) in [6.45, 7) is 0. The van der Waals surface area contributed by atoms with Crippen molar-refractivity contribution in [3.8, 4) is 5.69 Å². The average molecular weight is 265 g/mol. The summed E-state index contributed by atoms with van der Waals surface area (Å²) in [5, 5.41) is 16.5. The molecule has 0 radical (unpaired) electrons. The highest BCUT2D eigenvalue weighted by molar-refractivity contribution is 7.89. The van der Waals surface area contributed by atoms with E-state index < -0.39 is 10.0 Å². The Morgan fingerprint density at radius 3 is 2.44 bits per heavy atom. The van der Waals surface area contributed by atoms with Crippen LogP contribution in [-0.2, 0) is 10.0 Å². The van der Waals surface area contributed by atoms with Gasteiger partial charge in [0.05, 0.1) is 16.8 Å². The van der Waals surface area contributed by atoms with Gasteiger partial charge in [-0.25, -0.2) is 13.6 Å². The summed E-state index contributed by atoms with van der Waals surface area (Å²) in [7, 11) is -3.68. The van der Waals surface area contributed by atoms with E-state index in [0.717, 1.165) is 5.69 Å². The molecule has 1 heterocycles. The SMILES string of the molecule is NS(=O)(=O)c1ccc(-n2cccc2/C=N/O)cc1. The molecule has 0 saturated heterocycles. The highest BCUT2D eigenvalue weighted by Crippen LogP contribution is 2.14. The summed E-state index contributed by atoms with van der Waals surface area (Å²) in [6.07, 6.45) is 3.05. The van der Waals surface area contributed by atoms with Crippen molar-refractivity contribution in [1.82, 2.24) is 4.57 Å². The van der Waals surface area contributed by atoms with Gasteiger partial charge in [-0.05, 0) is 36.4 Å². The van der Waals surface area contributed by atoms with E-state index in [0.29, 0.717) is 5.69 Å². The first-order valence-electron chi connectivity index (χ1n) is 5.00. The molecule has 6 nitrogen and oxygen atoms in total. The lowest BCUT2D eigenvalue weighted by atomic mass is 10.3. The zero-order valence-electron chi connectivity index (χ0n) is 9.26. The highest BCUT2D eigenvalue weighted by Gasteiger charge is 2.08. The van der Waals surface area contributed by atoms with Gasteiger partial charge in [0.15, 0.2) is 0 Å². The van der Waals surface area contributed by atoms with Gasteiger partial charge in [0.1, 0.15) is 0 Å². The lowest BCUT2D eigenvalue weighted by Gasteiger charge is -2.06. The molecular formula is C11H11N3O3S. The zero-order chi connectivity index (χ0) is 13.2. The summed E-state index contributed by atoms with van der Waals surface area (Å²) < 4.78 is 24.0.